The number of aliphatic carboxylic acids is 2. The summed E-state index contributed by atoms with van der Waals surface area (Å²) in [7, 11) is 0. The molecule has 0 bridgehead atoms. The van der Waals surface area contributed by atoms with Crippen molar-refractivity contribution in [2.24, 2.45) is 5.73 Å². The molecule has 5 unspecified atom stereocenters. The number of carboxylic acids is 2. The first-order chi connectivity index (χ1) is 13.9. The molecule has 0 rings (SSSR count). The second-order valence-corrected chi connectivity index (χ2v) is 7.34. The van der Waals surface area contributed by atoms with Gasteiger partial charge in [0, 0.05) is 0 Å². The molecule has 0 aromatic carbocycles. The van der Waals surface area contributed by atoms with E-state index in [0.29, 0.717) is 5.75 Å². The highest BCUT2D eigenvalue weighted by Crippen LogP contribution is 2.04. The van der Waals surface area contributed by atoms with Crippen molar-refractivity contribution in [3.05, 3.63) is 0 Å². The lowest BCUT2D eigenvalue weighted by Gasteiger charge is -2.24. The number of aliphatic hydroxyl groups excluding tert-OH is 2. The van der Waals surface area contributed by atoms with Crippen LogP contribution in [0.3, 0.4) is 0 Å². The Bertz CT molecular complexity index is 632. The van der Waals surface area contributed by atoms with E-state index in [4.69, 9.17) is 21.1 Å². The Morgan fingerprint density at radius 1 is 0.933 bits per heavy atom. The Hall–Kier alpha value is -2.42. The summed E-state index contributed by atoms with van der Waals surface area (Å²) >= 11 is 1.36. The number of rotatable bonds is 14. The van der Waals surface area contributed by atoms with Gasteiger partial charge in [-0.05, 0) is 25.4 Å². The molecule has 0 saturated heterocycles. The lowest BCUT2D eigenvalue weighted by atomic mass is 10.1. The van der Waals surface area contributed by atoms with Crippen LogP contribution in [0, 0.1) is 0 Å². The molecule has 0 aliphatic carbocycles. The fourth-order valence-electron chi connectivity index (χ4n) is 2.11. The fourth-order valence-corrected chi connectivity index (χ4v) is 2.58. The summed E-state index contributed by atoms with van der Waals surface area (Å²) in [5.41, 5.74) is 5.53. The second-order valence-electron chi connectivity index (χ2n) is 6.35. The van der Waals surface area contributed by atoms with Crippen LogP contribution >= 0.6 is 11.8 Å². The van der Waals surface area contributed by atoms with Gasteiger partial charge in [0.1, 0.15) is 24.2 Å². The van der Waals surface area contributed by atoms with E-state index in [9.17, 15) is 29.1 Å². The van der Waals surface area contributed by atoms with Gasteiger partial charge in [-0.2, -0.15) is 11.8 Å². The maximum absolute atomic E-state index is 12.6. The minimum absolute atomic E-state index is 0.112. The predicted molar refractivity (Wildman–Crippen MR) is 105 cm³/mol. The highest BCUT2D eigenvalue weighted by atomic mass is 32.2. The number of nitrogens with two attached hydrogens (primary N) is 1. The number of amides is 3. The Labute approximate surface area is 176 Å². The standard InChI is InChI=1S/C16H28N4O9S/c1-7(22)12(17)15(27)18-8(3-4-30-2)13(25)19-9(5-11(23)24)14(26)20-10(6-21)16(28)29/h7-10,12,21-22H,3-6,17H2,1-2H3,(H,18,27)(H,19,25)(H,20,26)(H,23,24)(H,28,29). The Kier molecular flexibility index (Phi) is 12.6. The van der Waals surface area contributed by atoms with Gasteiger partial charge >= 0.3 is 11.9 Å². The van der Waals surface area contributed by atoms with Gasteiger partial charge in [-0.25, -0.2) is 4.79 Å². The Balaban J connectivity index is 5.40. The normalized spacial score (nSPS) is 15.8. The summed E-state index contributed by atoms with van der Waals surface area (Å²) in [6.45, 7) is 0.340. The number of thioether (sulfide) groups is 1. The number of nitrogens with one attached hydrogen (secondary N) is 3. The predicted octanol–water partition coefficient (Wildman–Crippen LogP) is -3.55. The third kappa shape index (κ3) is 9.87. The molecule has 172 valence electrons. The van der Waals surface area contributed by atoms with Crippen LogP contribution in [-0.4, -0.2) is 99.0 Å². The van der Waals surface area contributed by atoms with Gasteiger partial charge in [-0.1, -0.05) is 0 Å². The summed E-state index contributed by atoms with van der Waals surface area (Å²) in [5, 5.41) is 42.7. The van der Waals surface area contributed by atoms with Crippen LogP contribution in [0.5, 0.6) is 0 Å². The summed E-state index contributed by atoms with van der Waals surface area (Å²) < 4.78 is 0. The maximum Gasteiger partial charge on any atom is 0.328 e. The third-order valence-corrected chi connectivity index (χ3v) is 4.52. The second kappa shape index (κ2) is 13.7. The molecule has 0 saturated carbocycles. The summed E-state index contributed by atoms with van der Waals surface area (Å²) in [6.07, 6.45) is -0.196. The van der Waals surface area contributed by atoms with Crippen LogP contribution in [0.4, 0.5) is 0 Å². The topological polar surface area (TPSA) is 228 Å². The number of carbonyl (C=O) groups excluding carboxylic acids is 3. The lowest BCUT2D eigenvalue weighted by Crippen LogP contribution is -2.58. The molecular formula is C16H28N4O9S. The van der Waals surface area contributed by atoms with Gasteiger partial charge < -0.3 is 42.1 Å². The number of aliphatic hydroxyl groups is 2. The molecule has 0 radical (unpaired) electrons. The molecule has 0 heterocycles. The minimum Gasteiger partial charge on any atom is -0.481 e. The zero-order valence-corrected chi connectivity index (χ0v) is 17.3. The van der Waals surface area contributed by atoms with E-state index in [1.54, 1.807) is 6.26 Å². The maximum atomic E-state index is 12.6. The molecule has 30 heavy (non-hydrogen) atoms. The fraction of sp³-hybridized carbons (Fsp3) is 0.688. The van der Waals surface area contributed by atoms with Gasteiger partial charge in [0.15, 0.2) is 0 Å². The summed E-state index contributed by atoms with van der Waals surface area (Å²) in [5.74, 6) is -5.44. The van der Waals surface area contributed by atoms with E-state index in [1.807, 2.05) is 5.32 Å². The van der Waals surface area contributed by atoms with Crippen molar-refractivity contribution in [2.45, 2.75) is 50.0 Å². The Morgan fingerprint density at radius 2 is 1.43 bits per heavy atom. The van der Waals surface area contributed by atoms with E-state index in [2.05, 4.69) is 10.6 Å². The van der Waals surface area contributed by atoms with E-state index in [-0.39, 0.29) is 6.42 Å². The van der Waals surface area contributed by atoms with Crippen LogP contribution in [-0.2, 0) is 24.0 Å². The quantitative estimate of drug-likeness (QED) is 0.129. The van der Waals surface area contributed by atoms with Crippen LogP contribution in [0.1, 0.15) is 19.8 Å². The van der Waals surface area contributed by atoms with Crippen molar-refractivity contribution in [1.82, 2.24) is 16.0 Å². The number of carbonyl (C=O) groups is 5. The first-order valence-electron chi connectivity index (χ1n) is 8.83. The monoisotopic (exact) mass is 452 g/mol. The van der Waals surface area contributed by atoms with Gasteiger partial charge in [0.2, 0.25) is 17.7 Å². The molecule has 0 aromatic heterocycles. The van der Waals surface area contributed by atoms with Crippen LogP contribution < -0.4 is 21.7 Å². The molecule has 14 heteroatoms. The molecule has 9 N–H and O–H groups in total. The third-order valence-electron chi connectivity index (χ3n) is 3.87. The molecule has 0 aliphatic rings. The molecular weight excluding hydrogens is 424 g/mol. The lowest BCUT2D eigenvalue weighted by molar-refractivity contribution is -0.144. The highest BCUT2D eigenvalue weighted by Gasteiger charge is 2.31. The molecule has 0 aliphatic heterocycles. The number of carboxylic acid groups (broad SMARTS) is 2. The van der Waals surface area contributed by atoms with Crippen LogP contribution in [0.2, 0.25) is 0 Å². The van der Waals surface area contributed by atoms with Crippen molar-refractivity contribution in [2.75, 3.05) is 18.6 Å². The van der Waals surface area contributed by atoms with E-state index < -0.39 is 73.0 Å². The first kappa shape index (κ1) is 27.6. The molecule has 5 atom stereocenters. The largest absolute Gasteiger partial charge is 0.481 e. The average Bonchev–Trinajstić information content (AvgIpc) is 2.66. The van der Waals surface area contributed by atoms with Crippen molar-refractivity contribution in [3.8, 4) is 0 Å². The van der Waals surface area contributed by atoms with Crippen molar-refractivity contribution < 1.29 is 44.4 Å². The zero-order valence-electron chi connectivity index (χ0n) is 16.5. The van der Waals surface area contributed by atoms with Crippen molar-refractivity contribution in [1.29, 1.82) is 0 Å². The van der Waals surface area contributed by atoms with Crippen molar-refractivity contribution >= 4 is 41.4 Å². The van der Waals surface area contributed by atoms with Gasteiger partial charge in [-0.15, -0.1) is 0 Å². The van der Waals surface area contributed by atoms with E-state index in [1.165, 1.54) is 18.7 Å². The minimum atomic E-state index is -1.69. The highest BCUT2D eigenvalue weighted by molar-refractivity contribution is 7.98. The SMILES string of the molecule is CSCCC(NC(=O)C(N)C(C)O)C(=O)NC(CC(=O)O)C(=O)NC(CO)C(=O)O. The first-order valence-corrected chi connectivity index (χ1v) is 10.2. The van der Waals surface area contributed by atoms with Crippen LogP contribution in [0.15, 0.2) is 0 Å². The molecule has 13 nitrogen and oxygen atoms in total. The van der Waals surface area contributed by atoms with E-state index in [0.717, 1.165) is 0 Å². The van der Waals surface area contributed by atoms with Gasteiger partial charge in [0.25, 0.3) is 0 Å². The smallest absolute Gasteiger partial charge is 0.328 e. The van der Waals surface area contributed by atoms with Crippen LogP contribution in [0.25, 0.3) is 0 Å². The van der Waals surface area contributed by atoms with Gasteiger partial charge in [0.05, 0.1) is 19.1 Å². The number of hydrogen-bond donors (Lipinski definition) is 8. The van der Waals surface area contributed by atoms with Crippen molar-refractivity contribution in [3.63, 3.8) is 0 Å². The number of hydrogen-bond acceptors (Lipinski definition) is 9. The molecule has 0 fully saturated rings. The molecule has 0 spiro atoms. The Morgan fingerprint density at radius 3 is 1.87 bits per heavy atom. The average molecular weight is 452 g/mol. The van der Waals surface area contributed by atoms with E-state index >= 15 is 0 Å². The zero-order chi connectivity index (χ0) is 23.4. The van der Waals surface area contributed by atoms with Gasteiger partial charge in [-0.3, -0.25) is 19.2 Å². The molecule has 0 aromatic rings. The molecule has 3 amide bonds. The summed E-state index contributed by atoms with van der Waals surface area (Å²) in [4.78, 5) is 58.9. The summed E-state index contributed by atoms with van der Waals surface area (Å²) in [6, 6.07) is -5.86.